The lowest BCUT2D eigenvalue weighted by Gasteiger charge is -2.62. The van der Waals surface area contributed by atoms with Gasteiger partial charge in [-0.1, -0.05) is 25.0 Å². The van der Waals surface area contributed by atoms with Crippen LogP contribution in [0.2, 0.25) is 0 Å². The zero-order valence-corrected chi connectivity index (χ0v) is 24.1. The first-order valence-electron chi connectivity index (χ1n) is 14.9. The highest BCUT2D eigenvalue weighted by molar-refractivity contribution is 5.97. The summed E-state index contributed by atoms with van der Waals surface area (Å²) in [5.41, 5.74) is 8.22. The molecule has 9 nitrogen and oxygen atoms in total. The van der Waals surface area contributed by atoms with Gasteiger partial charge in [-0.05, 0) is 88.0 Å². The molecule has 10 atom stereocenters. The average Bonchev–Trinajstić information content (AvgIpc) is 2.87. The minimum atomic E-state index is -1.35. The Balaban J connectivity index is 1.50. The highest BCUT2D eigenvalue weighted by Crippen LogP contribution is 2.64. The van der Waals surface area contributed by atoms with Crippen LogP contribution in [0.25, 0.3) is 0 Å². The van der Waals surface area contributed by atoms with Gasteiger partial charge in [0.05, 0.1) is 25.7 Å². The summed E-state index contributed by atoms with van der Waals surface area (Å²) >= 11 is 0. The first kappa shape index (κ1) is 29.1. The van der Waals surface area contributed by atoms with Crippen molar-refractivity contribution in [1.82, 2.24) is 0 Å². The highest BCUT2D eigenvalue weighted by Gasteiger charge is 2.64. The molecule has 222 valence electrons. The number of rotatable bonds is 7. The van der Waals surface area contributed by atoms with Gasteiger partial charge in [-0.3, -0.25) is 9.59 Å². The molecule has 40 heavy (non-hydrogen) atoms. The number of fused-ring (bicyclic) bond motifs is 3. The number of hydrogen-bond acceptors (Lipinski definition) is 7. The number of carboxylic acid groups (broad SMARTS) is 2. The Kier molecular flexibility index (Phi) is 8.09. The first-order chi connectivity index (χ1) is 18.9. The van der Waals surface area contributed by atoms with Gasteiger partial charge >= 0.3 is 12.1 Å². The quantitative estimate of drug-likeness (QED) is 0.380. The smallest absolute Gasteiger partial charge is 0.481 e. The van der Waals surface area contributed by atoms with Crippen molar-refractivity contribution in [3.05, 3.63) is 22.9 Å². The largest absolute Gasteiger partial charge is 0.506 e. The lowest BCUT2D eigenvalue weighted by Crippen LogP contribution is -2.64. The van der Waals surface area contributed by atoms with E-state index in [9.17, 15) is 24.6 Å². The minimum absolute atomic E-state index is 0.00345. The zero-order valence-electron chi connectivity index (χ0n) is 24.1. The fourth-order valence-corrected chi connectivity index (χ4v) is 9.22. The van der Waals surface area contributed by atoms with Gasteiger partial charge in [-0.25, -0.2) is 4.79 Å². The Morgan fingerprint density at radius 1 is 1.15 bits per heavy atom. The molecule has 0 radical (unpaired) electrons. The van der Waals surface area contributed by atoms with Gasteiger partial charge in [0.1, 0.15) is 12.2 Å². The summed E-state index contributed by atoms with van der Waals surface area (Å²) in [6.07, 6.45) is 3.81. The van der Waals surface area contributed by atoms with Gasteiger partial charge in [0.25, 0.3) is 0 Å². The van der Waals surface area contributed by atoms with E-state index in [-0.39, 0.29) is 42.0 Å². The number of carbonyl (C=O) groups is 3. The summed E-state index contributed by atoms with van der Waals surface area (Å²) in [6, 6.07) is 0. The van der Waals surface area contributed by atoms with Crippen molar-refractivity contribution < 1.29 is 38.8 Å². The van der Waals surface area contributed by atoms with Gasteiger partial charge in [0, 0.05) is 22.9 Å². The van der Waals surface area contributed by atoms with E-state index in [2.05, 4.69) is 13.8 Å². The lowest BCUT2D eigenvalue weighted by molar-refractivity contribution is -0.215. The Morgan fingerprint density at radius 2 is 1.90 bits per heavy atom. The van der Waals surface area contributed by atoms with E-state index in [1.165, 1.54) is 0 Å². The van der Waals surface area contributed by atoms with E-state index < -0.39 is 41.6 Å². The van der Waals surface area contributed by atoms with Crippen LogP contribution in [0.5, 0.6) is 0 Å². The molecule has 0 aromatic heterocycles. The third-order valence-electron chi connectivity index (χ3n) is 10.8. The van der Waals surface area contributed by atoms with Gasteiger partial charge in [0.15, 0.2) is 5.78 Å². The molecule has 3 saturated carbocycles. The van der Waals surface area contributed by atoms with E-state index in [1.807, 2.05) is 13.8 Å². The molecule has 1 saturated heterocycles. The van der Waals surface area contributed by atoms with E-state index in [0.717, 1.165) is 43.3 Å². The van der Waals surface area contributed by atoms with Gasteiger partial charge in [-0.2, -0.15) is 0 Å². The van der Waals surface area contributed by atoms with Crippen molar-refractivity contribution in [3.8, 4) is 0 Å². The Bertz CT molecular complexity index is 1090. The lowest BCUT2D eigenvalue weighted by atomic mass is 9.45. The fraction of sp³-hybridized carbons (Fsp3) is 0.774. The van der Waals surface area contributed by atoms with Gasteiger partial charge in [0.2, 0.25) is 0 Å². The minimum Gasteiger partial charge on any atom is -0.481 e. The molecule has 5 rings (SSSR count). The summed E-state index contributed by atoms with van der Waals surface area (Å²) in [7, 11) is 0. The maximum absolute atomic E-state index is 13.9. The predicted molar refractivity (Wildman–Crippen MR) is 146 cm³/mol. The van der Waals surface area contributed by atoms with Crippen LogP contribution in [0.3, 0.4) is 0 Å². The molecule has 4 fully saturated rings. The Morgan fingerprint density at radius 3 is 2.55 bits per heavy atom. The monoisotopic (exact) mass is 559 g/mol. The van der Waals surface area contributed by atoms with Crippen LogP contribution < -0.4 is 5.73 Å². The second kappa shape index (κ2) is 11.1. The van der Waals surface area contributed by atoms with Crippen LogP contribution in [0.4, 0.5) is 4.79 Å². The zero-order chi connectivity index (χ0) is 28.9. The molecule has 9 heteroatoms. The number of carbonyl (C=O) groups excluding carboxylic acids is 1. The molecule has 4 aliphatic carbocycles. The second-order valence-corrected chi connectivity index (χ2v) is 13.6. The first-order valence-corrected chi connectivity index (χ1v) is 14.9. The van der Waals surface area contributed by atoms with Crippen LogP contribution >= 0.6 is 0 Å². The fourth-order valence-electron chi connectivity index (χ4n) is 9.22. The molecular weight excluding hydrogens is 514 g/mol. The summed E-state index contributed by atoms with van der Waals surface area (Å²) < 4.78 is 18.0. The number of carboxylic acids is 1. The van der Waals surface area contributed by atoms with Gasteiger partial charge < -0.3 is 30.2 Å². The van der Waals surface area contributed by atoms with Crippen molar-refractivity contribution in [2.45, 2.75) is 78.4 Å². The Labute approximate surface area is 236 Å². The van der Waals surface area contributed by atoms with E-state index in [0.29, 0.717) is 31.2 Å². The number of aliphatic carboxylic acids is 1. The molecular formula is C31H45NO8. The molecule has 0 aromatic rings. The summed E-state index contributed by atoms with van der Waals surface area (Å²) in [5, 5.41) is 19.9. The van der Waals surface area contributed by atoms with Crippen LogP contribution in [-0.4, -0.2) is 60.1 Å². The molecule has 1 aliphatic heterocycles. The van der Waals surface area contributed by atoms with Crippen molar-refractivity contribution in [3.63, 3.8) is 0 Å². The molecule has 2 bridgehead atoms. The summed E-state index contributed by atoms with van der Waals surface area (Å²) in [5.74, 6) is -1.60. The second-order valence-electron chi connectivity index (χ2n) is 13.6. The number of ether oxygens (including phenoxy) is 3. The van der Waals surface area contributed by atoms with Crippen LogP contribution in [0.15, 0.2) is 22.9 Å². The maximum Gasteiger partial charge on any atom is 0.506 e. The van der Waals surface area contributed by atoms with Crippen molar-refractivity contribution in [2.24, 2.45) is 58.5 Å². The summed E-state index contributed by atoms with van der Waals surface area (Å²) in [4.78, 5) is 38.2. The number of nitrogens with two attached hydrogens (primary N) is 1. The molecule has 5 aliphatic rings. The number of allylic oxidation sites excluding steroid dienone is 2. The number of ketones is 1. The molecule has 1 heterocycles. The number of hydrogen-bond donors (Lipinski definition) is 3. The van der Waals surface area contributed by atoms with Crippen LogP contribution in [-0.2, 0) is 23.8 Å². The topological polar surface area (TPSA) is 145 Å². The van der Waals surface area contributed by atoms with Crippen LogP contribution in [0, 0.1) is 52.8 Å². The molecule has 0 amide bonds. The predicted octanol–water partition coefficient (Wildman–Crippen LogP) is 4.65. The Hall–Kier alpha value is -2.39. The third kappa shape index (κ3) is 4.97. The molecule has 0 aromatic carbocycles. The van der Waals surface area contributed by atoms with Crippen molar-refractivity contribution >= 4 is 17.9 Å². The molecule has 0 spiro atoms. The molecule has 6 unspecified atom stereocenters. The normalized spacial score (nSPS) is 40.3. The van der Waals surface area contributed by atoms with Crippen LogP contribution in [0.1, 0.15) is 66.2 Å². The van der Waals surface area contributed by atoms with E-state index in [4.69, 9.17) is 19.9 Å². The average molecular weight is 560 g/mol. The summed E-state index contributed by atoms with van der Waals surface area (Å²) in [6.45, 7) is 9.05. The van der Waals surface area contributed by atoms with E-state index in [1.54, 1.807) is 6.08 Å². The van der Waals surface area contributed by atoms with E-state index >= 15 is 0 Å². The van der Waals surface area contributed by atoms with Crippen molar-refractivity contribution in [2.75, 3.05) is 19.8 Å². The maximum atomic E-state index is 13.9. The van der Waals surface area contributed by atoms with Crippen molar-refractivity contribution in [1.29, 1.82) is 0 Å². The SMILES string of the molecule is CC(C)=C(N)CO[C@@H]1C2COC[C@@]3(C[C@H]1OC(=O)O)C1=CC(=O)C4C(CCC(CC(C)C)[C@H]4C(=O)O)C1CCC23. The molecule has 4 N–H and O–H groups in total. The highest BCUT2D eigenvalue weighted by atomic mass is 16.7. The van der Waals surface area contributed by atoms with Gasteiger partial charge in [-0.15, -0.1) is 0 Å². The standard InChI is InChI=1S/C31H45NO8/c1-15(2)9-17-5-6-19-18-7-8-21-20-12-38-14-31(21,22(18)10-24(33)27(19)26(17)29(34)35)11-25(40-30(36)37)28(20)39-13-23(32)16(3)4/h10,15,17-21,25-28H,5-9,11-14,32H2,1-4H3,(H,34,35)(H,36,37)/t17?,18?,19?,20?,21?,25-,26-,27?,28-,31-/m1/s1. The third-order valence-corrected chi connectivity index (χ3v) is 10.8.